The van der Waals surface area contributed by atoms with Gasteiger partial charge in [-0.1, -0.05) is 133 Å². The summed E-state index contributed by atoms with van der Waals surface area (Å²) in [6.45, 7) is 2.17. The molecule has 10 rings (SSSR count). The second-order valence-corrected chi connectivity index (χ2v) is 13.0. The molecule has 0 saturated carbocycles. The Labute approximate surface area is 269 Å². The molecule has 0 spiro atoms. The highest BCUT2D eigenvalue weighted by molar-refractivity contribution is 5.86. The molecule has 0 amide bonds. The van der Waals surface area contributed by atoms with Gasteiger partial charge in [-0.25, -0.2) is 15.0 Å². The van der Waals surface area contributed by atoms with Gasteiger partial charge in [0.1, 0.15) is 17.5 Å². The van der Waals surface area contributed by atoms with Crippen LogP contribution in [0.25, 0.3) is 27.8 Å². The highest BCUT2D eigenvalue weighted by Gasteiger charge is 2.39. The fourth-order valence-electron chi connectivity index (χ4n) is 8.56. The molecular formula is C43H31N3. The smallest absolute Gasteiger partial charge is 0.144 e. The lowest BCUT2D eigenvalue weighted by atomic mass is 9.89. The summed E-state index contributed by atoms with van der Waals surface area (Å²) < 4.78 is 0. The summed E-state index contributed by atoms with van der Waals surface area (Å²) in [7, 11) is 0. The van der Waals surface area contributed by atoms with Gasteiger partial charge in [0.25, 0.3) is 0 Å². The molecule has 46 heavy (non-hydrogen) atoms. The molecule has 0 saturated heterocycles. The van der Waals surface area contributed by atoms with E-state index in [0.29, 0.717) is 0 Å². The zero-order chi connectivity index (χ0) is 30.4. The van der Waals surface area contributed by atoms with Gasteiger partial charge in [-0.05, 0) is 86.5 Å². The highest BCUT2D eigenvalue weighted by Crippen LogP contribution is 2.52. The molecule has 2 atom stereocenters. The molecule has 0 radical (unpaired) electrons. The molecule has 4 aliphatic rings. The van der Waals surface area contributed by atoms with Gasteiger partial charge >= 0.3 is 0 Å². The topological polar surface area (TPSA) is 38.7 Å². The maximum atomic E-state index is 5.51. The first kappa shape index (κ1) is 25.9. The Balaban J connectivity index is 1.25. The predicted octanol–water partition coefficient (Wildman–Crippen LogP) is 9.75. The molecule has 0 bridgehead atoms. The van der Waals surface area contributed by atoms with Gasteiger partial charge < -0.3 is 0 Å². The molecule has 0 aliphatic heterocycles. The number of nitrogens with zero attached hydrogens (tertiary/aromatic N) is 3. The van der Waals surface area contributed by atoms with E-state index in [1.165, 1.54) is 72.3 Å². The Morgan fingerprint density at radius 1 is 0.478 bits per heavy atom. The average Bonchev–Trinajstić information content (AvgIpc) is 3.74. The van der Waals surface area contributed by atoms with E-state index < -0.39 is 0 Å². The third-order valence-corrected chi connectivity index (χ3v) is 10.5. The number of allylic oxidation sites excluding steroid dienone is 4. The van der Waals surface area contributed by atoms with Crippen LogP contribution in [0.3, 0.4) is 0 Å². The zero-order valence-corrected chi connectivity index (χ0v) is 25.6. The standard InChI is InChI=1S/C43H31N3/c1-25-22-23-36-37(24-25)30-16-6-11-21-35(30)40(36)43-45-41(38-31-17-7-2-12-26(31)27-13-3-8-18-32(27)38)44-42(46-43)39-33-19-9-4-14-28(33)29-15-5-10-20-34(29)39/h2-9,11-19,21-24,38-40H,10,20H2,1H3. The maximum Gasteiger partial charge on any atom is 0.144 e. The molecule has 1 heterocycles. The van der Waals surface area contributed by atoms with Crippen LogP contribution in [0.2, 0.25) is 0 Å². The first-order chi connectivity index (χ1) is 22.7. The fourth-order valence-corrected chi connectivity index (χ4v) is 8.56. The van der Waals surface area contributed by atoms with E-state index in [-0.39, 0.29) is 17.8 Å². The van der Waals surface area contributed by atoms with Crippen LogP contribution in [-0.4, -0.2) is 15.0 Å². The van der Waals surface area contributed by atoms with E-state index in [4.69, 9.17) is 15.0 Å². The van der Waals surface area contributed by atoms with Crippen molar-refractivity contribution in [2.24, 2.45) is 0 Å². The van der Waals surface area contributed by atoms with Gasteiger partial charge in [-0.15, -0.1) is 0 Å². The van der Waals surface area contributed by atoms with Gasteiger partial charge in [0.05, 0.1) is 17.8 Å². The zero-order valence-electron chi connectivity index (χ0n) is 25.6. The largest absolute Gasteiger partial charge is 0.216 e. The second-order valence-electron chi connectivity index (χ2n) is 13.0. The van der Waals surface area contributed by atoms with Gasteiger partial charge in [0.15, 0.2) is 0 Å². The van der Waals surface area contributed by atoms with Crippen molar-refractivity contribution in [2.45, 2.75) is 37.5 Å². The van der Waals surface area contributed by atoms with E-state index in [0.717, 1.165) is 30.3 Å². The Morgan fingerprint density at radius 3 is 1.52 bits per heavy atom. The molecule has 0 N–H and O–H groups in total. The van der Waals surface area contributed by atoms with Crippen molar-refractivity contribution in [1.82, 2.24) is 15.0 Å². The maximum absolute atomic E-state index is 5.51. The lowest BCUT2D eigenvalue weighted by Gasteiger charge is -2.22. The Bertz CT molecular complexity index is 2260. The van der Waals surface area contributed by atoms with Crippen LogP contribution in [0.5, 0.6) is 0 Å². The van der Waals surface area contributed by atoms with Gasteiger partial charge in [-0.2, -0.15) is 0 Å². The minimum Gasteiger partial charge on any atom is -0.216 e. The number of aromatic nitrogens is 3. The van der Waals surface area contributed by atoms with Crippen molar-refractivity contribution in [1.29, 1.82) is 0 Å². The number of hydrogen-bond donors (Lipinski definition) is 0. The van der Waals surface area contributed by atoms with E-state index in [1.54, 1.807) is 0 Å². The van der Waals surface area contributed by atoms with Gasteiger partial charge in [0.2, 0.25) is 0 Å². The normalized spacial score (nSPS) is 18.5. The third-order valence-electron chi connectivity index (χ3n) is 10.5. The van der Waals surface area contributed by atoms with E-state index in [1.807, 2.05) is 0 Å². The van der Waals surface area contributed by atoms with Gasteiger partial charge in [0, 0.05) is 0 Å². The lowest BCUT2D eigenvalue weighted by molar-refractivity contribution is 0.703. The average molecular weight is 590 g/mol. The van der Waals surface area contributed by atoms with E-state index >= 15 is 0 Å². The summed E-state index contributed by atoms with van der Waals surface area (Å²) in [5, 5.41) is 0. The molecule has 0 fully saturated rings. The highest BCUT2D eigenvalue weighted by atomic mass is 15.1. The van der Waals surface area contributed by atoms with Crippen molar-refractivity contribution in [2.75, 3.05) is 0 Å². The fraction of sp³-hybridized carbons (Fsp3) is 0.140. The molecule has 218 valence electrons. The van der Waals surface area contributed by atoms with Crippen molar-refractivity contribution in [3.63, 3.8) is 0 Å². The molecule has 1 aromatic heterocycles. The van der Waals surface area contributed by atoms with Crippen LogP contribution in [0.1, 0.15) is 87.0 Å². The number of rotatable bonds is 3. The minimum atomic E-state index is -0.0597. The Kier molecular flexibility index (Phi) is 5.51. The van der Waals surface area contributed by atoms with Crippen LogP contribution in [0.15, 0.2) is 133 Å². The van der Waals surface area contributed by atoms with Gasteiger partial charge in [-0.3, -0.25) is 0 Å². The summed E-state index contributed by atoms with van der Waals surface area (Å²) in [5.41, 5.74) is 16.8. The van der Waals surface area contributed by atoms with Crippen molar-refractivity contribution in [3.05, 3.63) is 189 Å². The monoisotopic (exact) mass is 589 g/mol. The van der Waals surface area contributed by atoms with E-state index in [9.17, 15) is 0 Å². The summed E-state index contributed by atoms with van der Waals surface area (Å²) in [6, 6.07) is 42.0. The summed E-state index contributed by atoms with van der Waals surface area (Å²) in [5.74, 6) is 2.45. The molecule has 2 unspecified atom stereocenters. The number of aryl methyl sites for hydroxylation is 1. The minimum absolute atomic E-state index is 0.0117. The number of benzene rings is 5. The lowest BCUT2D eigenvalue weighted by Crippen LogP contribution is -2.18. The third kappa shape index (κ3) is 3.63. The number of fused-ring (bicyclic) bond motifs is 8. The van der Waals surface area contributed by atoms with Crippen LogP contribution in [-0.2, 0) is 0 Å². The van der Waals surface area contributed by atoms with Crippen molar-refractivity contribution < 1.29 is 0 Å². The molecule has 3 heteroatoms. The molecule has 3 nitrogen and oxygen atoms in total. The summed E-state index contributed by atoms with van der Waals surface area (Å²) in [4.78, 5) is 16.5. The second kappa shape index (κ2) is 9.79. The van der Waals surface area contributed by atoms with Crippen LogP contribution in [0.4, 0.5) is 0 Å². The van der Waals surface area contributed by atoms with Crippen LogP contribution < -0.4 is 0 Å². The Hall–Kier alpha value is -5.41. The molecule has 5 aromatic carbocycles. The summed E-state index contributed by atoms with van der Waals surface area (Å²) in [6.07, 6.45) is 6.68. The van der Waals surface area contributed by atoms with Crippen molar-refractivity contribution in [3.8, 4) is 22.3 Å². The van der Waals surface area contributed by atoms with Crippen LogP contribution >= 0.6 is 0 Å². The first-order valence-electron chi connectivity index (χ1n) is 16.4. The quantitative estimate of drug-likeness (QED) is 0.206. The first-order valence-corrected chi connectivity index (χ1v) is 16.4. The number of hydrogen-bond acceptors (Lipinski definition) is 3. The molecule has 6 aromatic rings. The van der Waals surface area contributed by atoms with Crippen molar-refractivity contribution >= 4 is 5.57 Å². The SMILES string of the molecule is Cc1ccc2c(c1)-c1ccccc1C2c1nc(C2C3=C(C=CCC3)c3ccccc32)nc(C2c3ccccc3-c3ccccc32)n1. The van der Waals surface area contributed by atoms with E-state index in [2.05, 4.69) is 134 Å². The predicted molar refractivity (Wildman–Crippen MR) is 184 cm³/mol. The molecular weight excluding hydrogens is 558 g/mol. The Morgan fingerprint density at radius 2 is 0.935 bits per heavy atom. The summed E-state index contributed by atoms with van der Waals surface area (Å²) >= 11 is 0. The van der Waals surface area contributed by atoms with Crippen LogP contribution in [0, 0.1) is 6.92 Å². The molecule has 4 aliphatic carbocycles.